The quantitative estimate of drug-likeness (QED) is 0.756. The summed E-state index contributed by atoms with van der Waals surface area (Å²) in [5.41, 5.74) is 6.62. The number of amides is 1. The molecule has 8 heteroatoms. The van der Waals surface area contributed by atoms with Crippen LogP contribution in [0.1, 0.15) is 72.0 Å². The van der Waals surface area contributed by atoms with Crippen LogP contribution in [0.3, 0.4) is 0 Å². The Morgan fingerprint density at radius 2 is 2.03 bits per heavy atom. The lowest BCUT2D eigenvalue weighted by molar-refractivity contribution is 0.0980. The predicted octanol–water partition coefficient (Wildman–Crippen LogP) is 3.06. The largest absolute Gasteiger partial charge is 0.383 e. The smallest absolute Gasteiger partial charge is 0.330 e. The number of carbonyl (C=O) groups excluding carboxylic acids is 1. The molecule has 1 saturated carbocycles. The van der Waals surface area contributed by atoms with Crippen molar-refractivity contribution < 1.29 is 4.79 Å². The van der Waals surface area contributed by atoms with E-state index < -0.39 is 11.2 Å². The number of anilines is 2. The van der Waals surface area contributed by atoms with Gasteiger partial charge in [-0.3, -0.25) is 24.0 Å². The minimum atomic E-state index is -0.579. The van der Waals surface area contributed by atoms with E-state index in [9.17, 15) is 14.4 Å². The van der Waals surface area contributed by atoms with Gasteiger partial charge in [0.15, 0.2) is 5.69 Å². The van der Waals surface area contributed by atoms with Crippen LogP contribution in [-0.4, -0.2) is 21.5 Å². The lowest BCUT2D eigenvalue weighted by Gasteiger charge is -2.29. The molecule has 1 amide bonds. The van der Waals surface area contributed by atoms with E-state index >= 15 is 0 Å². The first-order chi connectivity index (χ1) is 14.0. The van der Waals surface area contributed by atoms with Crippen molar-refractivity contribution in [2.75, 3.05) is 10.6 Å². The molecule has 7 nitrogen and oxygen atoms in total. The summed E-state index contributed by atoms with van der Waals surface area (Å²) in [7, 11) is 0. The summed E-state index contributed by atoms with van der Waals surface area (Å²) in [5, 5.41) is 0. The first-order valence-corrected chi connectivity index (χ1v) is 11.4. The first kappa shape index (κ1) is 19.9. The summed E-state index contributed by atoms with van der Waals surface area (Å²) < 4.78 is 1.39. The summed E-state index contributed by atoms with van der Waals surface area (Å²) in [4.78, 5) is 44.6. The van der Waals surface area contributed by atoms with Gasteiger partial charge in [0.05, 0.1) is 4.88 Å². The number of aromatic nitrogens is 2. The molecule has 0 bridgehead atoms. The van der Waals surface area contributed by atoms with Crippen molar-refractivity contribution in [1.82, 2.24) is 9.55 Å². The van der Waals surface area contributed by atoms with E-state index in [-0.39, 0.29) is 23.5 Å². The number of hydrogen-bond acceptors (Lipinski definition) is 5. The molecule has 2 aromatic heterocycles. The van der Waals surface area contributed by atoms with Gasteiger partial charge in [0.2, 0.25) is 0 Å². The van der Waals surface area contributed by atoms with Gasteiger partial charge in [0, 0.05) is 17.5 Å². The zero-order chi connectivity index (χ0) is 20.5. The molecule has 1 fully saturated rings. The number of aromatic amines is 1. The SMILES string of the molecule is CCCCn1c(N)c(N(C(=O)c2cc3c(s2)CCC3)C2CCCC2)c(=O)[nH]c1=O. The second-order valence-corrected chi connectivity index (χ2v) is 9.16. The molecule has 0 aromatic carbocycles. The number of carbonyl (C=O) groups is 1. The van der Waals surface area contributed by atoms with E-state index in [0.717, 1.165) is 57.8 Å². The third-order valence-electron chi connectivity index (χ3n) is 6.06. The van der Waals surface area contributed by atoms with Crippen LogP contribution in [-0.2, 0) is 19.4 Å². The van der Waals surface area contributed by atoms with E-state index in [1.807, 2.05) is 13.0 Å². The highest BCUT2D eigenvalue weighted by Gasteiger charge is 2.34. The van der Waals surface area contributed by atoms with Crippen LogP contribution in [0, 0.1) is 0 Å². The van der Waals surface area contributed by atoms with E-state index in [2.05, 4.69) is 4.98 Å². The number of rotatable bonds is 6. The second kappa shape index (κ2) is 8.18. The fourth-order valence-electron chi connectivity index (χ4n) is 4.51. The summed E-state index contributed by atoms with van der Waals surface area (Å²) in [6, 6.07) is 1.91. The molecule has 4 rings (SSSR count). The number of nitrogens with zero attached hydrogens (tertiary/aromatic N) is 2. The standard InChI is InChI=1S/C21H28N4O3S/c1-2-3-11-24-18(22)17(19(26)23-21(24)28)25(14-8-4-5-9-14)20(27)16-12-13-7-6-10-15(13)29-16/h12,14H,2-11,22H2,1H3,(H,23,26,28). The van der Waals surface area contributed by atoms with Gasteiger partial charge in [-0.25, -0.2) is 4.79 Å². The van der Waals surface area contributed by atoms with Crippen molar-refractivity contribution in [3.8, 4) is 0 Å². The van der Waals surface area contributed by atoms with Crippen molar-refractivity contribution in [2.45, 2.75) is 77.3 Å². The van der Waals surface area contributed by atoms with Gasteiger partial charge in [0.25, 0.3) is 11.5 Å². The maximum Gasteiger partial charge on any atom is 0.330 e. The monoisotopic (exact) mass is 416 g/mol. The van der Waals surface area contributed by atoms with Gasteiger partial charge < -0.3 is 5.73 Å². The number of unbranched alkanes of at least 4 members (excludes halogenated alkanes) is 1. The van der Waals surface area contributed by atoms with E-state index in [1.54, 1.807) is 4.90 Å². The summed E-state index contributed by atoms with van der Waals surface area (Å²) in [5.74, 6) is -0.0780. The lowest BCUT2D eigenvalue weighted by atomic mass is 10.1. The average Bonchev–Trinajstić information content (AvgIpc) is 3.41. The topological polar surface area (TPSA) is 101 Å². The van der Waals surface area contributed by atoms with E-state index in [1.165, 1.54) is 26.3 Å². The molecular formula is C21H28N4O3S. The third kappa shape index (κ3) is 3.66. The Morgan fingerprint density at radius 1 is 1.28 bits per heavy atom. The van der Waals surface area contributed by atoms with Crippen LogP contribution in [0.2, 0.25) is 0 Å². The Labute approximate surface area is 173 Å². The predicted molar refractivity (Wildman–Crippen MR) is 116 cm³/mol. The van der Waals surface area contributed by atoms with Gasteiger partial charge in [-0.15, -0.1) is 11.3 Å². The van der Waals surface area contributed by atoms with Crippen molar-refractivity contribution >= 4 is 28.7 Å². The molecule has 29 heavy (non-hydrogen) atoms. The number of aryl methyl sites for hydroxylation is 2. The Kier molecular flexibility index (Phi) is 5.63. The highest BCUT2D eigenvalue weighted by molar-refractivity contribution is 7.14. The van der Waals surface area contributed by atoms with Crippen molar-refractivity contribution in [3.05, 3.63) is 42.2 Å². The number of hydrogen-bond donors (Lipinski definition) is 2. The fraction of sp³-hybridized carbons (Fsp3) is 0.571. The zero-order valence-electron chi connectivity index (χ0n) is 16.8. The highest BCUT2D eigenvalue weighted by Crippen LogP contribution is 2.35. The number of fused-ring (bicyclic) bond motifs is 1. The lowest BCUT2D eigenvalue weighted by Crippen LogP contribution is -2.45. The molecule has 0 spiro atoms. The van der Waals surface area contributed by atoms with Crippen LogP contribution in [0.15, 0.2) is 15.7 Å². The van der Waals surface area contributed by atoms with Gasteiger partial charge in [-0.2, -0.15) is 0 Å². The molecule has 0 aliphatic heterocycles. The van der Waals surface area contributed by atoms with Gasteiger partial charge in [-0.05, 0) is 50.2 Å². The van der Waals surface area contributed by atoms with Crippen molar-refractivity contribution in [2.24, 2.45) is 0 Å². The van der Waals surface area contributed by atoms with Crippen LogP contribution in [0.25, 0.3) is 0 Å². The van der Waals surface area contributed by atoms with Crippen molar-refractivity contribution in [3.63, 3.8) is 0 Å². The molecular weight excluding hydrogens is 388 g/mol. The minimum Gasteiger partial charge on any atom is -0.383 e. The Balaban J connectivity index is 1.80. The van der Waals surface area contributed by atoms with Crippen LogP contribution in [0.4, 0.5) is 11.5 Å². The number of nitrogen functional groups attached to an aromatic ring is 1. The summed E-state index contributed by atoms with van der Waals surface area (Å²) in [6.07, 6.45) is 8.53. The van der Waals surface area contributed by atoms with Gasteiger partial charge >= 0.3 is 5.69 Å². The molecule has 0 atom stereocenters. The molecule has 0 unspecified atom stereocenters. The maximum absolute atomic E-state index is 13.6. The fourth-order valence-corrected chi connectivity index (χ4v) is 5.70. The van der Waals surface area contributed by atoms with Gasteiger partial charge in [-0.1, -0.05) is 26.2 Å². The van der Waals surface area contributed by atoms with E-state index in [0.29, 0.717) is 11.4 Å². The number of H-pyrrole nitrogens is 1. The Morgan fingerprint density at radius 3 is 2.72 bits per heavy atom. The maximum atomic E-state index is 13.6. The number of nitrogens with two attached hydrogens (primary N) is 1. The molecule has 2 aromatic rings. The van der Waals surface area contributed by atoms with Gasteiger partial charge in [0.1, 0.15) is 5.82 Å². The molecule has 2 aliphatic rings. The normalized spacial score (nSPS) is 16.3. The first-order valence-electron chi connectivity index (χ1n) is 10.6. The van der Waals surface area contributed by atoms with Crippen LogP contribution < -0.4 is 21.9 Å². The zero-order valence-corrected chi connectivity index (χ0v) is 17.6. The molecule has 2 heterocycles. The summed E-state index contributed by atoms with van der Waals surface area (Å²) in [6.45, 7) is 2.45. The average molecular weight is 417 g/mol. The molecule has 0 radical (unpaired) electrons. The Bertz CT molecular complexity index is 1010. The third-order valence-corrected chi connectivity index (χ3v) is 7.28. The van der Waals surface area contributed by atoms with E-state index in [4.69, 9.17) is 5.73 Å². The minimum absolute atomic E-state index is 0.0695. The molecule has 2 aliphatic carbocycles. The van der Waals surface area contributed by atoms with Crippen molar-refractivity contribution in [1.29, 1.82) is 0 Å². The highest BCUT2D eigenvalue weighted by atomic mass is 32.1. The summed E-state index contributed by atoms with van der Waals surface area (Å²) >= 11 is 1.53. The molecule has 3 N–H and O–H groups in total. The van der Waals surface area contributed by atoms with Crippen LogP contribution >= 0.6 is 11.3 Å². The Hall–Kier alpha value is -2.35. The van der Waals surface area contributed by atoms with Crippen LogP contribution in [0.5, 0.6) is 0 Å². The number of thiophene rings is 1. The molecule has 0 saturated heterocycles. The second-order valence-electron chi connectivity index (χ2n) is 8.02. The number of nitrogens with one attached hydrogen (secondary N) is 1. The molecule has 156 valence electrons.